The highest BCUT2D eigenvalue weighted by Crippen LogP contribution is 2.16. The van der Waals surface area contributed by atoms with Gasteiger partial charge in [-0.1, -0.05) is 0 Å². The molecule has 0 spiro atoms. The van der Waals surface area contributed by atoms with Gasteiger partial charge in [0.15, 0.2) is 5.82 Å². The van der Waals surface area contributed by atoms with Crippen LogP contribution in [-0.2, 0) is 0 Å². The van der Waals surface area contributed by atoms with E-state index in [0.717, 1.165) is 6.20 Å². The molecule has 0 radical (unpaired) electrons. The molecule has 0 aromatic carbocycles. The minimum atomic E-state index is -0.676. The van der Waals surface area contributed by atoms with Gasteiger partial charge in [0.05, 0.1) is 6.20 Å². The minimum absolute atomic E-state index is 0.209. The van der Waals surface area contributed by atoms with Gasteiger partial charge in [0.25, 0.3) is 0 Å². The average molecular weight is 198 g/mol. The number of hydrogen-bond donors (Lipinski definition) is 5. The molecule has 74 valence electrons. The fourth-order valence-electron chi connectivity index (χ4n) is 1.10. The lowest BCUT2D eigenvalue weighted by molar-refractivity contribution is 0.426. The monoisotopic (exact) mass is 198 g/mol. The average Bonchev–Trinajstić information content (AvgIpc) is 2.57. The van der Waals surface area contributed by atoms with Crippen LogP contribution in [-0.4, -0.2) is 29.7 Å². The van der Waals surface area contributed by atoms with E-state index in [1.54, 1.807) is 0 Å². The summed E-state index contributed by atoms with van der Waals surface area (Å²) in [7, 11) is 0. The minimum Gasteiger partial charge on any atom is -0.493 e. The van der Waals surface area contributed by atoms with E-state index in [1.807, 2.05) is 4.98 Å². The Bertz CT molecular complexity index is 571. The highest BCUT2D eigenvalue weighted by Gasteiger charge is 2.13. The second kappa shape index (κ2) is 2.55. The molecule has 0 saturated carbocycles. The number of aromatic nitrogens is 4. The van der Waals surface area contributed by atoms with Crippen molar-refractivity contribution in [1.29, 1.82) is 0 Å². The Morgan fingerprint density at radius 2 is 1.93 bits per heavy atom. The predicted molar refractivity (Wildman–Crippen MR) is 44.7 cm³/mol. The topological polar surface area (TPSA) is 127 Å². The molecular formula is C6H6N4O4. The zero-order chi connectivity index (χ0) is 10.3. The van der Waals surface area contributed by atoms with Crippen LogP contribution >= 0.6 is 0 Å². The van der Waals surface area contributed by atoms with Gasteiger partial charge in [-0.15, -0.1) is 0 Å². The molecule has 2 rings (SSSR count). The first-order chi connectivity index (χ1) is 6.59. The zero-order valence-corrected chi connectivity index (χ0v) is 6.74. The third kappa shape index (κ3) is 1.01. The van der Waals surface area contributed by atoms with Crippen molar-refractivity contribution in [3.63, 3.8) is 0 Å². The maximum absolute atomic E-state index is 11.1. The summed E-state index contributed by atoms with van der Waals surface area (Å²) < 4.78 is 0.716. The van der Waals surface area contributed by atoms with Crippen molar-refractivity contribution < 1.29 is 10.2 Å². The summed E-state index contributed by atoms with van der Waals surface area (Å²) in [6.45, 7) is 0. The number of hydrogen-bond acceptors (Lipinski definition) is 4. The van der Waals surface area contributed by atoms with Crippen molar-refractivity contribution in [2.75, 3.05) is 0 Å². The van der Waals surface area contributed by atoms with Crippen LogP contribution < -0.4 is 11.4 Å². The smallest absolute Gasteiger partial charge is 0.334 e. The van der Waals surface area contributed by atoms with Gasteiger partial charge in [-0.25, -0.2) is 14.2 Å². The van der Waals surface area contributed by atoms with Gasteiger partial charge in [0.1, 0.15) is 0 Å². The Labute approximate surface area is 75.5 Å². The fraction of sp³-hybridized carbons (Fsp3) is 0. The Morgan fingerprint density at radius 3 is 2.36 bits per heavy atom. The third-order valence-electron chi connectivity index (χ3n) is 1.67. The molecule has 8 heteroatoms. The van der Waals surface area contributed by atoms with E-state index in [-0.39, 0.29) is 5.82 Å². The van der Waals surface area contributed by atoms with Crippen LogP contribution in [0.25, 0.3) is 5.82 Å². The molecule has 5 N–H and O–H groups in total. The summed E-state index contributed by atoms with van der Waals surface area (Å²) in [5, 5.41) is 18.4. The van der Waals surface area contributed by atoms with Crippen LogP contribution in [0.4, 0.5) is 0 Å². The first-order valence-corrected chi connectivity index (χ1v) is 3.60. The molecule has 0 saturated heterocycles. The second-order valence-electron chi connectivity index (χ2n) is 2.56. The molecule has 0 aliphatic carbocycles. The van der Waals surface area contributed by atoms with Crippen molar-refractivity contribution in [1.82, 2.24) is 19.5 Å². The van der Waals surface area contributed by atoms with Crippen LogP contribution in [0.3, 0.4) is 0 Å². The molecule has 8 nitrogen and oxygen atoms in total. The highest BCUT2D eigenvalue weighted by molar-refractivity contribution is 5.36. The van der Waals surface area contributed by atoms with E-state index >= 15 is 0 Å². The Morgan fingerprint density at radius 1 is 1.21 bits per heavy atom. The van der Waals surface area contributed by atoms with Crippen molar-refractivity contribution in [2.45, 2.75) is 0 Å². The van der Waals surface area contributed by atoms with E-state index < -0.39 is 23.1 Å². The van der Waals surface area contributed by atoms with Crippen LogP contribution in [0, 0.1) is 0 Å². The van der Waals surface area contributed by atoms with Gasteiger partial charge < -0.3 is 15.2 Å². The van der Waals surface area contributed by atoms with Gasteiger partial charge >= 0.3 is 11.4 Å². The largest absolute Gasteiger partial charge is 0.493 e. The molecule has 0 atom stereocenters. The van der Waals surface area contributed by atoms with Gasteiger partial charge in [-0.05, 0) is 0 Å². The van der Waals surface area contributed by atoms with E-state index in [1.165, 1.54) is 0 Å². The summed E-state index contributed by atoms with van der Waals surface area (Å²) in [5.41, 5.74) is -1.35. The van der Waals surface area contributed by atoms with Crippen LogP contribution in [0.5, 0.6) is 11.8 Å². The van der Waals surface area contributed by atoms with Gasteiger partial charge in [-0.2, -0.15) is 0 Å². The van der Waals surface area contributed by atoms with Crippen LogP contribution in [0.1, 0.15) is 0 Å². The first-order valence-electron chi connectivity index (χ1n) is 3.60. The van der Waals surface area contributed by atoms with Crippen molar-refractivity contribution >= 4 is 0 Å². The second-order valence-corrected chi connectivity index (χ2v) is 2.56. The molecule has 2 heterocycles. The maximum Gasteiger partial charge on any atom is 0.334 e. The molecule has 2 aromatic rings. The maximum atomic E-state index is 11.1. The van der Waals surface area contributed by atoms with Crippen LogP contribution in [0.2, 0.25) is 0 Å². The molecule has 0 aliphatic rings. The quantitative estimate of drug-likeness (QED) is 0.386. The van der Waals surface area contributed by atoms with E-state index in [0.29, 0.717) is 4.57 Å². The van der Waals surface area contributed by atoms with E-state index in [2.05, 4.69) is 9.97 Å². The number of rotatable bonds is 1. The molecule has 0 amide bonds. The zero-order valence-electron chi connectivity index (χ0n) is 6.74. The molecule has 0 unspecified atom stereocenters. The number of nitrogens with zero attached hydrogens (tertiary/aromatic N) is 1. The van der Waals surface area contributed by atoms with E-state index in [9.17, 15) is 19.8 Å². The van der Waals surface area contributed by atoms with Crippen LogP contribution in [0.15, 0.2) is 15.8 Å². The lowest BCUT2D eigenvalue weighted by Gasteiger charge is -1.97. The van der Waals surface area contributed by atoms with Crippen molar-refractivity contribution in [2.24, 2.45) is 0 Å². The molecule has 14 heavy (non-hydrogen) atoms. The lowest BCUT2D eigenvalue weighted by atomic mass is 10.6. The Hall–Kier alpha value is -2.38. The fourth-order valence-corrected chi connectivity index (χ4v) is 1.10. The standard InChI is InChI=1S/C6H6N4O4/c11-2-1-7-6(14)10(2)3-4(12)9-5(13)8-3/h1,11-12H,(H,7,14)(H2,8,9,13). The molecule has 0 aliphatic heterocycles. The SMILES string of the molecule is O=c1[nH]c(O)c(-n2c(O)c[nH]c2=O)[nH]1. The van der Waals surface area contributed by atoms with Crippen molar-refractivity contribution in [3.05, 3.63) is 27.2 Å². The lowest BCUT2D eigenvalue weighted by Crippen LogP contribution is -2.15. The third-order valence-corrected chi connectivity index (χ3v) is 1.67. The summed E-state index contributed by atoms with van der Waals surface area (Å²) >= 11 is 0. The Balaban J connectivity index is 2.77. The number of H-pyrrole nitrogens is 3. The molecular weight excluding hydrogens is 192 g/mol. The highest BCUT2D eigenvalue weighted by atomic mass is 16.3. The van der Waals surface area contributed by atoms with Gasteiger partial charge in [-0.3, -0.25) is 9.97 Å². The summed E-state index contributed by atoms with van der Waals surface area (Å²) in [6.07, 6.45) is 1.03. The number of aromatic amines is 3. The van der Waals surface area contributed by atoms with Crippen molar-refractivity contribution in [3.8, 4) is 17.6 Å². The van der Waals surface area contributed by atoms with Gasteiger partial charge in [0.2, 0.25) is 11.8 Å². The first kappa shape index (κ1) is 8.23. The van der Waals surface area contributed by atoms with Gasteiger partial charge in [0, 0.05) is 0 Å². The normalized spacial score (nSPS) is 10.6. The molecule has 0 fully saturated rings. The number of imidazole rings is 2. The predicted octanol–water partition coefficient (Wildman–Crippen LogP) is -1.41. The molecule has 0 bridgehead atoms. The summed E-state index contributed by atoms with van der Waals surface area (Å²) in [4.78, 5) is 28.2. The summed E-state index contributed by atoms with van der Waals surface area (Å²) in [6, 6.07) is 0. The Kier molecular flexibility index (Phi) is 1.50. The summed E-state index contributed by atoms with van der Waals surface area (Å²) in [5.74, 6) is -1.15. The number of nitrogens with one attached hydrogen (secondary N) is 3. The molecule has 2 aromatic heterocycles. The van der Waals surface area contributed by atoms with E-state index in [4.69, 9.17) is 0 Å². The number of aromatic hydroxyl groups is 2.